The molecule has 1 aromatic heterocycles. The van der Waals surface area contributed by atoms with Crippen molar-refractivity contribution in [2.45, 2.75) is 39.7 Å². The van der Waals surface area contributed by atoms with E-state index >= 15 is 0 Å². The summed E-state index contributed by atoms with van der Waals surface area (Å²) in [6.45, 7) is 7.06. The average Bonchev–Trinajstić information content (AvgIpc) is 2.76. The smallest absolute Gasteiger partial charge is 0.242 e. The number of hydrogen-bond acceptors (Lipinski definition) is 5. The van der Waals surface area contributed by atoms with E-state index in [-0.39, 0.29) is 24.3 Å². The van der Waals surface area contributed by atoms with Crippen LogP contribution in [0.3, 0.4) is 0 Å². The number of amides is 2. The van der Waals surface area contributed by atoms with Crippen molar-refractivity contribution < 1.29 is 9.59 Å². The molecule has 1 fully saturated rings. The molecule has 0 radical (unpaired) electrons. The molecule has 110 valence electrons. The number of hydrogen-bond donors (Lipinski definition) is 1. The van der Waals surface area contributed by atoms with Crippen molar-refractivity contribution in [1.29, 1.82) is 0 Å². The number of rotatable bonds is 4. The van der Waals surface area contributed by atoms with Crippen LogP contribution in [0.4, 0.5) is 0 Å². The normalized spacial score (nSPS) is 19.3. The molecule has 2 amide bonds. The highest BCUT2D eigenvalue weighted by Gasteiger charge is 2.33. The van der Waals surface area contributed by atoms with Crippen LogP contribution in [-0.4, -0.2) is 46.0 Å². The Morgan fingerprint density at radius 2 is 2.25 bits per heavy atom. The van der Waals surface area contributed by atoms with Gasteiger partial charge < -0.3 is 10.2 Å². The van der Waals surface area contributed by atoms with Gasteiger partial charge >= 0.3 is 0 Å². The molecule has 1 aliphatic heterocycles. The first-order chi connectivity index (χ1) is 9.47. The van der Waals surface area contributed by atoms with Crippen LogP contribution < -0.4 is 5.32 Å². The van der Waals surface area contributed by atoms with Gasteiger partial charge in [0, 0.05) is 13.1 Å². The molecule has 20 heavy (non-hydrogen) atoms. The molecule has 0 saturated carbocycles. The summed E-state index contributed by atoms with van der Waals surface area (Å²) in [4.78, 5) is 26.1. The number of aromatic nitrogens is 2. The van der Waals surface area contributed by atoms with Crippen molar-refractivity contribution in [3.63, 3.8) is 0 Å². The number of piperazine rings is 1. The zero-order chi connectivity index (χ0) is 14.7. The summed E-state index contributed by atoms with van der Waals surface area (Å²) >= 11 is 1.43. The lowest BCUT2D eigenvalue weighted by atomic mass is 10.00. The predicted molar refractivity (Wildman–Crippen MR) is 76.3 cm³/mol. The van der Waals surface area contributed by atoms with Crippen molar-refractivity contribution in [2.75, 3.05) is 13.1 Å². The third kappa shape index (κ3) is 3.53. The maximum Gasteiger partial charge on any atom is 0.242 e. The lowest BCUT2D eigenvalue weighted by Gasteiger charge is -2.35. The fourth-order valence-corrected chi connectivity index (χ4v) is 3.03. The van der Waals surface area contributed by atoms with Crippen LogP contribution >= 0.6 is 11.3 Å². The van der Waals surface area contributed by atoms with Gasteiger partial charge in [-0.05, 0) is 19.3 Å². The lowest BCUT2D eigenvalue weighted by Crippen LogP contribution is -2.57. The van der Waals surface area contributed by atoms with Gasteiger partial charge in [0.2, 0.25) is 11.8 Å². The summed E-state index contributed by atoms with van der Waals surface area (Å²) in [5, 5.41) is 12.3. The minimum atomic E-state index is -0.356. The van der Waals surface area contributed by atoms with Crippen LogP contribution in [0.15, 0.2) is 0 Å². The molecule has 7 heteroatoms. The number of carbonyl (C=O) groups is 2. The number of nitrogens with zero attached hydrogens (tertiary/aromatic N) is 3. The molecule has 0 spiro atoms. The Labute approximate surface area is 122 Å². The molecule has 1 aromatic rings. The van der Waals surface area contributed by atoms with Crippen LogP contribution in [0.2, 0.25) is 0 Å². The summed E-state index contributed by atoms with van der Waals surface area (Å²) in [5.41, 5.74) is 0. The first-order valence-electron chi connectivity index (χ1n) is 6.83. The third-order valence-corrected chi connectivity index (χ3v) is 4.05. The van der Waals surface area contributed by atoms with E-state index in [1.807, 2.05) is 6.92 Å². The molecule has 0 aliphatic carbocycles. The van der Waals surface area contributed by atoms with Crippen molar-refractivity contribution >= 4 is 23.2 Å². The molecule has 0 aromatic carbocycles. The second-order valence-electron chi connectivity index (χ2n) is 5.42. The highest BCUT2D eigenvalue weighted by molar-refractivity contribution is 7.11. The van der Waals surface area contributed by atoms with E-state index in [0.717, 1.165) is 5.01 Å². The van der Waals surface area contributed by atoms with Gasteiger partial charge in [0.15, 0.2) is 0 Å². The first-order valence-corrected chi connectivity index (χ1v) is 7.65. The van der Waals surface area contributed by atoms with Gasteiger partial charge in [-0.2, -0.15) is 0 Å². The van der Waals surface area contributed by atoms with E-state index in [0.29, 0.717) is 30.4 Å². The van der Waals surface area contributed by atoms with Gasteiger partial charge in [-0.1, -0.05) is 13.8 Å². The van der Waals surface area contributed by atoms with Crippen LogP contribution in [0.5, 0.6) is 0 Å². The minimum Gasteiger partial charge on any atom is -0.353 e. The Balaban J connectivity index is 2.07. The second-order valence-corrected chi connectivity index (χ2v) is 6.68. The molecule has 0 unspecified atom stereocenters. The fourth-order valence-electron chi connectivity index (χ4n) is 2.33. The van der Waals surface area contributed by atoms with E-state index in [1.165, 1.54) is 11.3 Å². The van der Waals surface area contributed by atoms with Gasteiger partial charge in [0.1, 0.15) is 16.1 Å². The Kier molecular flexibility index (Phi) is 4.69. The number of carbonyl (C=O) groups excluding carboxylic acids is 2. The van der Waals surface area contributed by atoms with Crippen LogP contribution in [-0.2, 0) is 16.0 Å². The van der Waals surface area contributed by atoms with Crippen LogP contribution in [0, 0.1) is 12.8 Å². The standard InChI is InChI=1S/C13H20N4O2S/c1-8(2)6-10-13(19)14-4-5-17(10)12(18)7-11-16-15-9(3)20-11/h8,10H,4-7H2,1-3H3,(H,14,19)/t10-/m1/s1. The van der Waals surface area contributed by atoms with E-state index in [2.05, 4.69) is 29.4 Å². The maximum absolute atomic E-state index is 12.4. The largest absolute Gasteiger partial charge is 0.353 e. The average molecular weight is 296 g/mol. The van der Waals surface area contributed by atoms with E-state index < -0.39 is 0 Å². The molecule has 1 aliphatic rings. The maximum atomic E-state index is 12.4. The summed E-state index contributed by atoms with van der Waals surface area (Å²) < 4.78 is 0. The van der Waals surface area contributed by atoms with Crippen LogP contribution in [0.25, 0.3) is 0 Å². The van der Waals surface area contributed by atoms with Gasteiger partial charge in [0.25, 0.3) is 0 Å². The summed E-state index contributed by atoms with van der Waals surface area (Å²) in [5.74, 6) is 0.274. The van der Waals surface area contributed by atoms with Gasteiger partial charge in [0.05, 0.1) is 6.42 Å². The summed E-state index contributed by atoms with van der Waals surface area (Å²) in [6, 6.07) is -0.356. The number of aryl methyl sites for hydroxylation is 1. The van der Waals surface area contributed by atoms with Crippen molar-refractivity contribution in [1.82, 2.24) is 20.4 Å². The third-order valence-electron chi connectivity index (χ3n) is 3.22. The fraction of sp³-hybridized carbons (Fsp3) is 0.692. The van der Waals surface area contributed by atoms with Gasteiger partial charge in [-0.3, -0.25) is 9.59 Å². The monoisotopic (exact) mass is 296 g/mol. The second kappa shape index (κ2) is 6.30. The highest BCUT2D eigenvalue weighted by atomic mass is 32.1. The molecule has 2 heterocycles. The molecule has 1 atom stereocenters. The lowest BCUT2D eigenvalue weighted by molar-refractivity contribution is -0.143. The molecule has 2 rings (SSSR count). The van der Waals surface area contributed by atoms with E-state index in [1.54, 1.807) is 4.90 Å². The van der Waals surface area contributed by atoms with Crippen molar-refractivity contribution in [2.24, 2.45) is 5.92 Å². The van der Waals surface area contributed by atoms with Crippen LogP contribution in [0.1, 0.15) is 30.3 Å². The summed E-state index contributed by atoms with van der Waals surface area (Å²) in [7, 11) is 0. The Morgan fingerprint density at radius 3 is 2.85 bits per heavy atom. The predicted octanol–water partition coefficient (Wildman–Crippen LogP) is 0.762. The first kappa shape index (κ1) is 14.9. The topological polar surface area (TPSA) is 75.2 Å². The van der Waals surface area contributed by atoms with Crippen molar-refractivity contribution in [3.05, 3.63) is 10.0 Å². The Morgan fingerprint density at radius 1 is 1.50 bits per heavy atom. The molecule has 6 nitrogen and oxygen atoms in total. The molecular formula is C13H20N4O2S. The number of nitrogens with one attached hydrogen (secondary N) is 1. The summed E-state index contributed by atoms with van der Waals surface area (Å²) in [6.07, 6.45) is 0.917. The quantitative estimate of drug-likeness (QED) is 0.890. The van der Waals surface area contributed by atoms with E-state index in [4.69, 9.17) is 0 Å². The van der Waals surface area contributed by atoms with E-state index in [9.17, 15) is 9.59 Å². The molecule has 0 bridgehead atoms. The minimum absolute atomic E-state index is 0.0401. The zero-order valence-electron chi connectivity index (χ0n) is 12.0. The van der Waals surface area contributed by atoms with Crippen molar-refractivity contribution in [3.8, 4) is 0 Å². The SMILES string of the molecule is Cc1nnc(CC(=O)N2CCNC(=O)[C@H]2CC(C)C)s1. The highest BCUT2D eigenvalue weighted by Crippen LogP contribution is 2.17. The molecular weight excluding hydrogens is 276 g/mol. The molecule has 1 saturated heterocycles. The Hall–Kier alpha value is -1.50. The Bertz CT molecular complexity index is 500. The molecule has 1 N–H and O–H groups in total. The zero-order valence-corrected chi connectivity index (χ0v) is 12.9. The van der Waals surface area contributed by atoms with Gasteiger partial charge in [-0.25, -0.2) is 0 Å². The van der Waals surface area contributed by atoms with Gasteiger partial charge in [-0.15, -0.1) is 21.5 Å².